The van der Waals surface area contributed by atoms with E-state index in [1.165, 1.54) is 6.20 Å². The number of aromatic nitrogens is 7. The molecule has 0 unspecified atom stereocenters. The lowest BCUT2D eigenvalue weighted by Crippen LogP contribution is -2.06. The van der Waals surface area contributed by atoms with Crippen LogP contribution in [0.3, 0.4) is 0 Å². The number of nitrogens with one attached hydrogen (secondary N) is 1. The number of fused-ring (bicyclic) bond motifs is 1. The fourth-order valence-corrected chi connectivity index (χ4v) is 3.35. The molecule has 5 rings (SSSR count). The van der Waals surface area contributed by atoms with E-state index in [1.54, 1.807) is 29.2 Å². The van der Waals surface area contributed by atoms with Gasteiger partial charge in [0.2, 0.25) is 5.82 Å². The molecule has 0 aromatic carbocycles. The van der Waals surface area contributed by atoms with Crippen molar-refractivity contribution >= 4 is 17.0 Å². The highest BCUT2D eigenvalue weighted by Crippen LogP contribution is 2.27. The standard InChI is InChI=1S/C25H19FN8/c1-17-14-30-19(15-29-17)7-3-2-6-18-10-13-34-23(18)25(31-21-9-12-27-16-20(21)26)32-24(33-34)22-8-4-5-11-28-22/h4-5,8-16H,6-7H2,1H3,(H,27,31,32,33). The van der Waals surface area contributed by atoms with E-state index in [1.807, 2.05) is 37.4 Å². The van der Waals surface area contributed by atoms with E-state index in [9.17, 15) is 4.39 Å². The number of anilines is 2. The second-order valence-electron chi connectivity index (χ2n) is 7.47. The molecular formula is C25H19FN8. The summed E-state index contributed by atoms with van der Waals surface area (Å²) in [6.07, 6.45) is 10.6. The molecule has 5 aromatic rings. The Morgan fingerprint density at radius 2 is 1.88 bits per heavy atom. The third-order valence-electron chi connectivity index (χ3n) is 5.02. The minimum Gasteiger partial charge on any atom is -0.336 e. The van der Waals surface area contributed by atoms with Crippen molar-refractivity contribution < 1.29 is 4.39 Å². The first-order valence-electron chi connectivity index (χ1n) is 10.6. The van der Waals surface area contributed by atoms with Crippen molar-refractivity contribution in [2.24, 2.45) is 0 Å². The molecule has 0 saturated heterocycles. The van der Waals surface area contributed by atoms with Crippen LogP contribution in [0.1, 0.15) is 17.0 Å². The summed E-state index contributed by atoms with van der Waals surface area (Å²) in [6, 6.07) is 8.99. The molecule has 5 heterocycles. The monoisotopic (exact) mass is 450 g/mol. The Hall–Kier alpha value is -4.71. The molecule has 0 aliphatic rings. The molecule has 8 nitrogen and oxygen atoms in total. The van der Waals surface area contributed by atoms with Gasteiger partial charge in [0, 0.05) is 37.4 Å². The van der Waals surface area contributed by atoms with E-state index in [0.717, 1.165) is 23.1 Å². The van der Waals surface area contributed by atoms with Crippen LogP contribution in [0.5, 0.6) is 0 Å². The Morgan fingerprint density at radius 3 is 2.68 bits per heavy atom. The van der Waals surface area contributed by atoms with Crippen molar-refractivity contribution in [1.29, 1.82) is 0 Å². The smallest absolute Gasteiger partial charge is 0.200 e. The highest BCUT2D eigenvalue weighted by Gasteiger charge is 2.15. The molecule has 0 saturated carbocycles. The number of hydrogen-bond acceptors (Lipinski definition) is 7. The minimum atomic E-state index is -0.481. The summed E-state index contributed by atoms with van der Waals surface area (Å²) in [6.45, 7) is 1.89. The third-order valence-corrected chi connectivity index (χ3v) is 5.02. The molecular weight excluding hydrogens is 431 g/mol. The van der Waals surface area contributed by atoms with Crippen LogP contribution in [-0.2, 0) is 12.8 Å². The van der Waals surface area contributed by atoms with Gasteiger partial charge in [-0.2, -0.15) is 0 Å². The first-order valence-corrected chi connectivity index (χ1v) is 10.6. The molecule has 0 radical (unpaired) electrons. The van der Waals surface area contributed by atoms with Gasteiger partial charge in [-0.15, -0.1) is 5.10 Å². The van der Waals surface area contributed by atoms with Crippen molar-refractivity contribution in [2.45, 2.75) is 19.8 Å². The summed E-state index contributed by atoms with van der Waals surface area (Å²) in [4.78, 5) is 21.4. The SMILES string of the molecule is Cc1cnc(CC#CCc2ccn3nc(-c4ccccn4)nc(Nc4ccncc4F)c23)cn1. The molecule has 9 heteroatoms. The van der Waals surface area contributed by atoms with Crippen LogP contribution in [0, 0.1) is 24.6 Å². The van der Waals surface area contributed by atoms with Gasteiger partial charge in [-0.05, 0) is 36.8 Å². The lowest BCUT2D eigenvalue weighted by Gasteiger charge is -2.11. The van der Waals surface area contributed by atoms with Crippen LogP contribution in [0.2, 0.25) is 0 Å². The number of pyridine rings is 2. The van der Waals surface area contributed by atoms with E-state index in [-0.39, 0.29) is 5.69 Å². The predicted molar refractivity (Wildman–Crippen MR) is 126 cm³/mol. The maximum atomic E-state index is 14.3. The van der Waals surface area contributed by atoms with Crippen LogP contribution in [0.25, 0.3) is 17.0 Å². The van der Waals surface area contributed by atoms with Crippen LogP contribution in [0.15, 0.2) is 67.5 Å². The summed E-state index contributed by atoms with van der Waals surface area (Å²) in [7, 11) is 0. The van der Waals surface area contributed by atoms with E-state index in [2.05, 4.69) is 47.2 Å². The van der Waals surface area contributed by atoms with Crippen LogP contribution >= 0.6 is 0 Å². The van der Waals surface area contributed by atoms with Gasteiger partial charge in [0.25, 0.3) is 0 Å². The Bertz CT molecular complexity index is 1500. The van der Waals surface area contributed by atoms with Gasteiger partial charge in [-0.3, -0.25) is 19.9 Å². The highest BCUT2D eigenvalue weighted by molar-refractivity contribution is 5.78. The largest absolute Gasteiger partial charge is 0.336 e. The van der Waals surface area contributed by atoms with Crippen molar-refractivity contribution in [1.82, 2.24) is 34.5 Å². The summed E-state index contributed by atoms with van der Waals surface area (Å²) in [5.41, 5.74) is 4.18. The molecule has 0 amide bonds. The zero-order valence-electron chi connectivity index (χ0n) is 18.3. The zero-order chi connectivity index (χ0) is 23.3. The van der Waals surface area contributed by atoms with Gasteiger partial charge in [0.05, 0.1) is 29.7 Å². The molecule has 1 N–H and O–H groups in total. The molecule has 0 aliphatic heterocycles. The predicted octanol–water partition coefficient (Wildman–Crippen LogP) is 3.96. The minimum absolute atomic E-state index is 0.263. The molecule has 0 fully saturated rings. The fraction of sp³-hybridized carbons (Fsp3) is 0.120. The van der Waals surface area contributed by atoms with E-state index in [4.69, 9.17) is 0 Å². The maximum absolute atomic E-state index is 14.3. The Balaban J connectivity index is 1.50. The highest BCUT2D eigenvalue weighted by atomic mass is 19.1. The molecule has 34 heavy (non-hydrogen) atoms. The Kier molecular flexibility index (Phi) is 5.86. The number of halogens is 1. The lowest BCUT2D eigenvalue weighted by molar-refractivity contribution is 0.625. The zero-order valence-corrected chi connectivity index (χ0v) is 18.3. The Morgan fingerprint density at radius 1 is 0.971 bits per heavy atom. The average molecular weight is 450 g/mol. The molecule has 0 spiro atoms. The van der Waals surface area contributed by atoms with Gasteiger partial charge < -0.3 is 5.32 Å². The third kappa shape index (κ3) is 4.56. The van der Waals surface area contributed by atoms with Gasteiger partial charge in [-0.25, -0.2) is 13.9 Å². The molecule has 0 aliphatic carbocycles. The summed E-state index contributed by atoms with van der Waals surface area (Å²) in [5, 5.41) is 7.70. The van der Waals surface area contributed by atoms with E-state index >= 15 is 0 Å². The van der Waals surface area contributed by atoms with Gasteiger partial charge >= 0.3 is 0 Å². The molecule has 0 atom stereocenters. The summed E-state index contributed by atoms with van der Waals surface area (Å²) >= 11 is 0. The first kappa shape index (κ1) is 21.2. The first-order chi connectivity index (χ1) is 16.7. The number of rotatable bonds is 5. The number of nitrogens with zero attached hydrogens (tertiary/aromatic N) is 7. The van der Waals surface area contributed by atoms with Crippen molar-refractivity contribution in [3.05, 3.63) is 90.3 Å². The Labute approximate surface area is 195 Å². The van der Waals surface area contributed by atoms with Crippen molar-refractivity contribution in [2.75, 3.05) is 5.32 Å². The normalized spacial score (nSPS) is 10.6. The van der Waals surface area contributed by atoms with Crippen LogP contribution in [0.4, 0.5) is 15.9 Å². The maximum Gasteiger partial charge on any atom is 0.200 e. The summed E-state index contributed by atoms with van der Waals surface area (Å²) in [5.74, 6) is 6.70. The quantitative estimate of drug-likeness (QED) is 0.405. The number of hydrogen-bond donors (Lipinski definition) is 1. The topological polar surface area (TPSA) is 93.8 Å². The summed E-state index contributed by atoms with van der Waals surface area (Å²) < 4.78 is 16.0. The van der Waals surface area contributed by atoms with Crippen LogP contribution < -0.4 is 5.32 Å². The number of aryl methyl sites for hydroxylation is 1. The van der Waals surface area contributed by atoms with Crippen LogP contribution in [-0.4, -0.2) is 34.5 Å². The molecule has 166 valence electrons. The second-order valence-corrected chi connectivity index (χ2v) is 7.47. The van der Waals surface area contributed by atoms with Crippen molar-refractivity contribution in [3.63, 3.8) is 0 Å². The molecule has 5 aromatic heterocycles. The van der Waals surface area contributed by atoms with Crippen molar-refractivity contribution in [3.8, 4) is 23.4 Å². The lowest BCUT2D eigenvalue weighted by atomic mass is 10.2. The van der Waals surface area contributed by atoms with Gasteiger partial charge in [0.1, 0.15) is 11.2 Å². The van der Waals surface area contributed by atoms with Gasteiger partial charge in [0.15, 0.2) is 11.6 Å². The second kappa shape index (κ2) is 9.42. The molecule has 0 bridgehead atoms. The fourth-order valence-electron chi connectivity index (χ4n) is 3.35. The van der Waals surface area contributed by atoms with E-state index < -0.39 is 5.82 Å². The average Bonchev–Trinajstić information content (AvgIpc) is 3.28. The van der Waals surface area contributed by atoms with E-state index in [0.29, 0.717) is 35.7 Å². The van der Waals surface area contributed by atoms with Gasteiger partial charge in [-0.1, -0.05) is 17.9 Å².